The number of hydrogen-bond donors (Lipinski definition) is 4. The zero-order chi connectivity index (χ0) is 19.5. The Morgan fingerprint density at radius 3 is 1.72 bits per heavy atom. The molecule has 0 rings (SSSR count). The van der Waals surface area contributed by atoms with Crippen molar-refractivity contribution in [2.75, 3.05) is 0 Å². The van der Waals surface area contributed by atoms with E-state index in [4.69, 9.17) is 15.3 Å². The minimum atomic E-state index is -1.42. The Morgan fingerprint density at radius 2 is 1.24 bits per heavy atom. The van der Waals surface area contributed by atoms with Crippen LogP contribution in [0.25, 0.3) is 0 Å². The summed E-state index contributed by atoms with van der Waals surface area (Å²) in [6.07, 6.45) is 9.30. The third-order valence-corrected chi connectivity index (χ3v) is 4.04. The summed E-state index contributed by atoms with van der Waals surface area (Å²) < 4.78 is 4.24. The Kier molecular flexibility index (Phi) is 20.5. The van der Waals surface area contributed by atoms with Crippen LogP contribution in [0.2, 0.25) is 0 Å². The summed E-state index contributed by atoms with van der Waals surface area (Å²) >= 11 is 0. The van der Waals surface area contributed by atoms with Crippen LogP contribution in [0.5, 0.6) is 0 Å². The molecule has 4 N–H and O–H groups in total. The molecule has 152 valence electrons. The van der Waals surface area contributed by atoms with E-state index in [1.54, 1.807) is 6.92 Å². The fourth-order valence-corrected chi connectivity index (χ4v) is 2.36. The summed E-state index contributed by atoms with van der Waals surface area (Å²) in [6, 6.07) is 0. The van der Waals surface area contributed by atoms with Crippen molar-refractivity contribution >= 4 is 6.16 Å². The van der Waals surface area contributed by atoms with Gasteiger partial charge in [-0.05, 0) is 19.3 Å². The van der Waals surface area contributed by atoms with E-state index in [0.29, 0.717) is 6.42 Å². The second-order valence-electron chi connectivity index (χ2n) is 6.64. The van der Waals surface area contributed by atoms with Crippen LogP contribution in [0.1, 0.15) is 97.8 Å². The molecule has 0 aromatic heterocycles. The summed E-state index contributed by atoms with van der Waals surface area (Å²) in [5, 5.41) is 34.5. The SMILES string of the molecule is CCCCCCC(C)C(O)OC(=O)O.CCCCCCCCC(O)O. The Hall–Kier alpha value is -0.850. The molecule has 0 amide bonds. The topological polar surface area (TPSA) is 107 Å². The smallest absolute Gasteiger partial charge is 0.450 e. The van der Waals surface area contributed by atoms with Crippen molar-refractivity contribution in [2.45, 2.75) is 110 Å². The van der Waals surface area contributed by atoms with E-state index in [9.17, 15) is 9.90 Å². The van der Waals surface area contributed by atoms with E-state index in [2.05, 4.69) is 18.6 Å². The molecule has 0 aromatic rings. The van der Waals surface area contributed by atoms with Gasteiger partial charge in [0, 0.05) is 5.92 Å². The normalized spacial score (nSPS) is 13.1. The molecule has 0 aromatic carbocycles. The second kappa shape index (κ2) is 19.5. The predicted molar refractivity (Wildman–Crippen MR) is 99.3 cm³/mol. The average Bonchev–Trinajstić information content (AvgIpc) is 2.54. The largest absolute Gasteiger partial charge is 0.508 e. The Morgan fingerprint density at radius 1 is 0.800 bits per heavy atom. The van der Waals surface area contributed by atoms with Crippen molar-refractivity contribution in [3.63, 3.8) is 0 Å². The maximum atomic E-state index is 10.1. The fraction of sp³-hybridized carbons (Fsp3) is 0.947. The highest BCUT2D eigenvalue weighted by Gasteiger charge is 2.17. The van der Waals surface area contributed by atoms with Gasteiger partial charge in [-0.25, -0.2) is 4.79 Å². The zero-order valence-electron chi connectivity index (χ0n) is 16.3. The number of hydrogen-bond acceptors (Lipinski definition) is 5. The van der Waals surface area contributed by atoms with E-state index in [1.807, 2.05) is 0 Å². The van der Waals surface area contributed by atoms with Crippen molar-refractivity contribution in [3.8, 4) is 0 Å². The van der Waals surface area contributed by atoms with Crippen LogP contribution in [0, 0.1) is 5.92 Å². The molecule has 0 aliphatic carbocycles. The first kappa shape index (κ1) is 26.4. The number of rotatable bonds is 14. The molecule has 2 atom stereocenters. The third-order valence-electron chi connectivity index (χ3n) is 4.04. The zero-order valence-corrected chi connectivity index (χ0v) is 16.3. The first-order valence-electron chi connectivity index (χ1n) is 9.78. The van der Waals surface area contributed by atoms with E-state index in [0.717, 1.165) is 32.1 Å². The summed E-state index contributed by atoms with van der Waals surface area (Å²) in [4.78, 5) is 10.1. The van der Waals surface area contributed by atoms with Gasteiger partial charge >= 0.3 is 6.16 Å². The maximum Gasteiger partial charge on any atom is 0.508 e. The molecule has 0 spiro atoms. The van der Waals surface area contributed by atoms with Gasteiger partial charge in [0.25, 0.3) is 0 Å². The second-order valence-corrected chi connectivity index (χ2v) is 6.64. The lowest BCUT2D eigenvalue weighted by molar-refractivity contribution is -0.103. The van der Waals surface area contributed by atoms with Crippen molar-refractivity contribution in [3.05, 3.63) is 0 Å². The molecule has 0 radical (unpaired) electrons. The van der Waals surface area contributed by atoms with Crippen LogP contribution in [0.3, 0.4) is 0 Å². The average molecular weight is 365 g/mol. The molecule has 25 heavy (non-hydrogen) atoms. The maximum absolute atomic E-state index is 10.1. The van der Waals surface area contributed by atoms with Crippen LogP contribution in [0.15, 0.2) is 0 Å². The highest BCUT2D eigenvalue weighted by atomic mass is 16.7. The van der Waals surface area contributed by atoms with Crippen LogP contribution in [0.4, 0.5) is 4.79 Å². The standard InChI is InChI=1S/C10H20O4.C9H20O2/c1-3-4-5-6-7-8(2)9(11)14-10(12)13;1-2-3-4-5-6-7-8-9(10)11/h8-9,11H,3-7H2,1-2H3,(H,12,13);9-11H,2-8H2,1H3. The van der Waals surface area contributed by atoms with Crippen molar-refractivity contribution in [1.29, 1.82) is 0 Å². The summed E-state index contributed by atoms with van der Waals surface area (Å²) in [6.45, 7) is 6.11. The number of aliphatic hydroxyl groups excluding tert-OH is 2. The van der Waals surface area contributed by atoms with E-state index in [1.165, 1.54) is 38.5 Å². The first-order valence-corrected chi connectivity index (χ1v) is 9.78. The lowest BCUT2D eigenvalue weighted by Gasteiger charge is -2.16. The van der Waals surface area contributed by atoms with Gasteiger partial charge < -0.3 is 25.2 Å². The van der Waals surface area contributed by atoms with E-state index < -0.39 is 18.7 Å². The van der Waals surface area contributed by atoms with Gasteiger partial charge in [0.05, 0.1) is 0 Å². The van der Waals surface area contributed by atoms with Crippen molar-refractivity contribution in [1.82, 2.24) is 0 Å². The molecular formula is C19H40O6. The number of carboxylic acid groups (broad SMARTS) is 1. The van der Waals surface area contributed by atoms with E-state index >= 15 is 0 Å². The predicted octanol–water partition coefficient (Wildman–Crippen LogP) is 4.65. The summed E-state index contributed by atoms with van der Waals surface area (Å²) in [5.74, 6) is -0.122. The molecule has 0 aliphatic rings. The third kappa shape index (κ3) is 23.1. The quantitative estimate of drug-likeness (QED) is 0.203. The van der Waals surface area contributed by atoms with Gasteiger partial charge in [-0.2, -0.15) is 0 Å². The highest BCUT2D eigenvalue weighted by molar-refractivity contribution is 5.56. The lowest BCUT2D eigenvalue weighted by Crippen LogP contribution is -2.23. The highest BCUT2D eigenvalue weighted by Crippen LogP contribution is 2.15. The molecule has 0 saturated carbocycles. The number of unbranched alkanes of at least 4 members (excludes halogenated alkanes) is 8. The summed E-state index contributed by atoms with van der Waals surface area (Å²) in [7, 11) is 0. The first-order chi connectivity index (χ1) is 11.8. The Balaban J connectivity index is 0. The molecule has 6 heteroatoms. The fourth-order valence-electron chi connectivity index (χ4n) is 2.36. The number of aliphatic hydroxyl groups is 3. The monoisotopic (exact) mass is 364 g/mol. The lowest BCUT2D eigenvalue weighted by atomic mass is 10.0. The Labute approximate surface area is 153 Å². The van der Waals surface area contributed by atoms with Crippen LogP contribution < -0.4 is 0 Å². The molecule has 2 unspecified atom stereocenters. The van der Waals surface area contributed by atoms with Crippen molar-refractivity contribution in [2.24, 2.45) is 5.92 Å². The van der Waals surface area contributed by atoms with Gasteiger partial charge in [-0.15, -0.1) is 0 Å². The van der Waals surface area contributed by atoms with Gasteiger partial charge in [0.15, 0.2) is 6.29 Å². The minimum absolute atomic E-state index is 0.122. The van der Waals surface area contributed by atoms with Gasteiger partial charge in [-0.1, -0.05) is 78.6 Å². The molecule has 0 heterocycles. The molecule has 0 bridgehead atoms. The van der Waals surface area contributed by atoms with Crippen LogP contribution in [-0.4, -0.2) is 39.2 Å². The van der Waals surface area contributed by atoms with Crippen LogP contribution >= 0.6 is 0 Å². The minimum Gasteiger partial charge on any atom is -0.450 e. The molecule has 0 fully saturated rings. The molecule has 0 saturated heterocycles. The molecule has 6 nitrogen and oxygen atoms in total. The van der Waals surface area contributed by atoms with Gasteiger partial charge in [0.1, 0.15) is 0 Å². The van der Waals surface area contributed by atoms with Gasteiger partial charge in [0.2, 0.25) is 6.29 Å². The number of carbonyl (C=O) groups is 1. The van der Waals surface area contributed by atoms with Crippen molar-refractivity contribution < 1.29 is 30.0 Å². The molecular weight excluding hydrogens is 324 g/mol. The Bertz CT molecular complexity index is 283. The number of ether oxygens (including phenoxy) is 1. The van der Waals surface area contributed by atoms with Gasteiger partial charge in [-0.3, -0.25) is 0 Å². The van der Waals surface area contributed by atoms with E-state index in [-0.39, 0.29) is 5.92 Å². The summed E-state index contributed by atoms with van der Waals surface area (Å²) in [5.41, 5.74) is 0. The molecule has 0 aliphatic heterocycles. The van der Waals surface area contributed by atoms with Crippen LogP contribution in [-0.2, 0) is 4.74 Å².